The SMILES string of the molecule is Cc1cccc(C)c1-c1cc2nc(n1)NSc1cccc(c1)C(=O)N1C[C@H](CC(C)C)NC[C@H](C1)O2. The van der Waals surface area contributed by atoms with Crippen molar-refractivity contribution in [2.75, 3.05) is 24.4 Å². The van der Waals surface area contributed by atoms with Crippen LogP contribution in [0.25, 0.3) is 11.3 Å². The Bertz CT molecular complexity index is 1240. The number of aryl methyl sites for hydroxylation is 2. The van der Waals surface area contributed by atoms with Gasteiger partial charge in [-0.05, 0) is 67.5 Å². The van der Waals surface area contributed by atoms with Crippen molar-refractivity contribution in [1.29, 1.82) is 0 Å². The Morgan fingerprint density at radius 1 is 1.08 bits per heavy atom. The van der Waals surface area contributed by atoms with Crippen LogP contribution in [0.4, 0.5) is 5.95 Å². The number of carbonyl (C=O) groups excluding carboxylic acids is 1. The third-order valence-electron chi connectivity index (χ3n) is 6.61. The van der Waals surface area contributed by atoms with E-state index in [2.05, 4.69) is 55.9 Å². The van der Waals surface area contributed by atoms with Gasteiger partial charge < -0.3 is 15.0 Å². The van der Waals surface area contributed by atoms with Gasteiger partial charge in [-0.3, -0.25) is 9.52 Å². The number of aromatic nitrogens is 2. The first-order valence-corrected chi connectivity index (χ1v) is 13.4. The molecule has 36 heavy (non-hydrogen) atoms. The van der Waals surface area contributed by atoms with Crippen LogP contribution in [-0.4, -0.2) is 52.6 Å². The molecule has 0 radical (unpaired) electrons. The zero-order valence-corrected chi connectivity index (χ0v) is 22.1. The highest BCUT2D eigenvalue weighted by molar-refractivity contribution is 8.00. The third kappa shape index (κ3) is 5.50. The molecule has 2 aliphatic heterocycles. The Morgan fingerprint density at radius 3 is 2.64 bits per heavy atom. The van der Waals surface area contributed by atoms with Crippen molar-refractivity contribution in [2.45, 2.75) is 51.2 Å². The minimum absolute atomic E-state index is 0.0248. The van der Waals surface area contributed by atoms with Crippen LogP contribution in [0.15, 0.2) is 53.4 Å². The van der Waals surface area contributed by atoms with Gasteiger partial charge in [0, 0.05) is 41.2 Å². The van der Waals surface area contributed by atoms with Crippen LogP contribution in [0, 0.1) is 19.8 Å². The lowest BCUT2D eigenvalue weighted by Gasteiger charge is -2.26. The van der Waals surface area contributed by atoms with E-state index in [-0.39, 0.29) is 18.1 Å². The van der Waals surface area contributed by atoms with E-state index in [4.69, 9.17) is 14.7 Å². The molecule has 8 heteroatoms. The molecular weight excluding hydrogens is 470 g/mol. The molecule has 1 aromatic heterocycles. The molecule has 2 atom stereocenters. The fraction of sp³-hybridized carbons (Fsp3) is 0.393. The van der Waals surface area contributed by atoms with Crippen LogP contribution >= 0.6 is 11.9 Å². The lowest BCUT2D eigenvalue weighted by molar-refractivity contribution is 0.0681. The zero-order valence-electron chi connectivity index (χ0n) is 21.2. The van der Waals surface area contributed by atoms with Crippen molar-refractivity contribution in [3.05, 3.63) is 65.2 Å². The van der Waals surface area contributed by atoms with Gasteiger partial charge >= 0.3 is 0 Å². The minimum atomic E-state index is -0.240. The van der Waals surface area contributed by atoms with E-state index in [1.54, 1.807) is 0 Å². The van der Waals surface area contributed by atoms with Gasteiger partial charge in [-0.15, -0.1) is 0 Å². The molecule has 0 aliphatic carbocycles. The summed E-state index contributed by atoms with van der Waals surface area (Å²) in [5.41, 5.74) is 4.86. The topological polar surface area (TPSA) is 79.4 Å². The van der Waals surface area contributed by atoms with E-state index in [9.17, 15) is 4.79 Å². The van der Waals surface area contributed by atoms with E-state index >= 15 is 0 Å². The zero-order chi connectivity index (χ0) is 25.2. The Kier molecular flexibility index (Phi) is 7.16. The Hall–Kier alpha value is -3.10. The summed E-state index contributed by atoms with van der Waals surface area (Å²) in [4.78, 5) is 26.0. The van der Waals surface area contributed by atoms with Crippen molar-refractivity contribution in [3.63, 3.8) is 0 Å². The van der Waals surface area contributed by atoms with Gasteiger partial charge in [-0.1, -0.05) is 38.1 Å². The van der Waals surface area contributed by atoms with Crippen molar-refractivity contribution in [2.24, 2.45) is 5.92 Å². The number of hydrogen-bond acceptors (Lipinski definition) is 7. The van der Waals surface area contributed by atoms with Gasteiger partial charge in [0.2, 0.25) is 11.8 Å². The first kappa shape index (κ1) is 24.6. The van der Waals surface area contributed by atoms with Crippen molar-refractivity contribution < 1.29 is 9.53 Å². The normalized spacial score (nSPS) is 19.9. The molecule has 6 bridgehead atoms. The molecule has 7 nitrogen and oxygen atoms in total. The van der Waals surface area contributed by atoms with Crippen LogP contribution in [0.2, 0.25) is 0 Å². The second kappa shape index (κ2) is 10.5. The second-order valence-corrected chi connectivity index (χ2v) is 11.0. The summed E-state index contributed by atoms with van der Waals surface area (Å²) in [6.45, 7) is 10.4. The lowest BCUT2D eigenvalue weighted by Crippen LogP contribution is -2.41. The summed E-state index contributed by atoms with van der Waals surface area (Å²) in [6, 6.07) is 16.1. The van der Waals surface area contributed by atoms with Gasteiger partial charge in [0.1, 0.15) is 6.10 Å². The molecule has 2 aliphatic rings. The van der Waals surface area contributed by atoms with Crippen LogP contribution in [0.1, 0.15) is 41.8 Å². The summed E-state index contributed by atoms with van der Waals surface area (Å²) in [7, 11) is 0. The highest BCUT2D eigenvalue weighted by Crippen LogP contribution is 2.31. The van der Waals surface area contributed by atoms with Gasteiger partial charge in [-0.2, -0.15) is 4.98 Å². The fourth-order valence-electron chi connectivity index (χ4n) is 5.01. The molecule has 0 spiro atoms. The number of hydrogen-bond donors (Lipinski definition) is 2. The fourth-order valence-corrected chi connectivity index (χ4v) is 5.65. The maximum absolute atomic E-state index is 13.6. The summed E-state index contributed by atoms with van der Waals surface area (Å²) in [5.74, 6) is 1.52. The van der Waals surface area contributed by atoms with Gasteiger partial charge in [-0.25, -0.2) is 4.98 Å². The summed E-state index contributed by atoms with van der Waals surface area (Å²) < 4.78 is 9.74. The average Bonchev–Trinajstić information content (AvgIpc) is 3.03. The number of ether oxygens (including phenoxy) is 1. The van der Waals surface area contributed by atoms with E-state index in [0.29, 0.717) is 42.9 Å². The van der Waals surface area contributed by atoms with Crippen molar-refractivity contribution in [3.8, 4) is 17.1 Å². The smallest absolute Gasteiger partial charge is 0.254 e. The molecule has 1 fully saturated rings. The Balaban J connectivity index is 1.57. The van der Waals surface area contributed by atoms with Crippen molar-refractivity contribution >= 4 is 23.8 Å². The van der Waals surface area contributed by atoms with E-state index in [1.807, 2.05) is 35.2 Å². The monoisotopic (exact) mass is 503 g/mol. The largest absolute Gasteiger partial charge is 0.471 e. The molecule has 5 rings (SSSR count). The maximum atomic E-state index is 13.6. The molecule has 188 valence electrons. The first-order valence-electron chi connectivity index (χ1n) is 12.5. The second-order valence-electron chi connectivity index (χ2n) is 10.1. The number of carbonyl (C=O) groups is 1. The van der Waals surface area contributed by atoms with Crippen LogP contribution in [-0.2, 0) is 0 Å². The standard InChI is InChI=1S/C28H33N5O2S/c1-17(2)11-21-15-33-16-22(14-29-21)35-25-13-24(26-18(3)7-5-8-19(26)4)30-28(31-25)32-36-23-10-6-9-20(12-23)27(33)34/h5-10,12-13,17,21-22,29H,11,14-16H2,1-4H3,(H,30,31,32)/t21-,22+/m0/s1. The van der Waals surface area contributed by atoms with E-state index in [1.165, 1.54) is 11.9 Å². The molecule has 2 aromatic carbocycles. The molecular formula is C28H33N5O2S. The molecule has 2 N–H and O–H groups in total. The number of fused-ring (bicyclic) bond motifs is 6. The Morgan fingerprint density at radius 2 is 1.86 bits per heavy atom. The minimum Gasteiger partial charge on any atom is -0.471 e. The Labute approximate surface area is 217 Å². The molecule has 3 aromatic rings. The van der Waals surface area contributed by atoms with Crippen LogP contribution < -0.4 is 14.8 Å². The number of rotatable bonds is 3. The quantitative estimate of drug-likeness (QED) is 0.482. The third-order valence-corrected chi connectivity index (χ3v) is 7.38. The van der Waals surface area contributed by atoms with E-state index < -0.39 is 0 Å². The summed E-state index contributed by atoms with van der Waals surface area (Å²) >= 11 is 1.39. The highest BCUT2D eigenvalue weighted by Gasteiger charge is 2.30. The highest BCUT2D eigenvalue weighted by atomic mass is 32.2. The molecule has 3 heterocycles. The predicted octanol–water partition coefficient (Wildman–Crippen LogP) is 5.10. The number of amides is 1. The first-order chi connectivity index (χ1) is 17.4. The summed E-state index contributed by atoms with van der Waals surface area (Å²) in [6.07, 6.45) is 0.751. The number of anilines is 1. The maximum Gasteiger partial charge on any atom is 0.254 e. The van der Waals surface area contributed by atoms with Crippen molar-refractivity contribution in [1.82, 2.24) is 20.2 Å². The van der Waals surface area contributed by atoms with Crippen LogP contribution in [0.3, 0.4) is 0 Å². The van der Waals surface area contributed by atoms with E-state index in [0.717, 1.165) is 33.7 Å². The average molecular weight is 504 g/mol. The van der Waals surface area contributed by atoms with Gasteiger partial charge in [0.05, 0.1) is 12.2 Å². The van der Waals surface area contributed by atoms with Gasteiger partial charge in [0.15, 0.2) is 0 Å². The molecule has 1 amide bonds. The lowest BCUT2D eigenvalue weighted by atomic mass is 10.00. The molecule has 0 unspecified atom stereocenters. The number of benzene rings is 2. The van der Waals surface area contributed by atoms with Gasteiger partial charge in [0.25, 0.3) is 5.91 Å². The van der Waals surface area contributed by atoms with Crippen LogP contribution in [0.5, 0.6) is 5.88 Å². The predicted molar refractivity (Wildman–Crippen MR) is 144 cm³/mol. The summed E-state index contributed by atoms with van der Waals surface area (Å²) in [5, 5.41) is 3.64. The molecule has 1 saturated heterocycles. The molecule has 0 saturated carbocycles. The number of nitrogens with zero attached hydrogens (tertiary/aromatic N) is 3. The number of nitrogens with one attached hydrogen (secondary N) is 2.